The van der Waals surface area contributed by atoms with E-state index in [9.17, 15) is 24.9 Å². The fraction of sp³-hybridized carbons (Fsp3) is 0.857. The van der Waals surface area contributed by atoms with Gasteiger partial charge < -0.3 is 24.8 Å². The molecule has 8 aliphatic rings. The summed E-state index contributed by atoms with van der Waals surface area (Å²) in [4.78, 5) is 27.7. The second-order valence-corrected chi connectivity index (χ2v) is 13.5. The molecule has 0 aromatic carbocycles. The molecule has 0 aromatic heterocycles. The minimum absolute atomic E-state index is 0.0640. The quantitative estimate of drug-likeness (QED) is 0.406. The summed E-state index contributed by atoms with van der Waals surface area (Å²) in [5.41, 5.74) is -3.31. The first kappa shape index (κ1) is 22.9. The zero-order valence-corrected chi connectivity index (χ0v) is 20.8. The van der Waals surface area contributed by atoms with Crippen molar-refractivity contribution >= 4 is 11.8 Å². The maximum Gasteiger partial charge on any atom is 0.310 e. The molecule has 6 aliphatic carbocycles. The summed E-state index contributed by atoms with van der Waals surface area (Å²) in [6.07, 6.45) is 5.32. The number of aliphatic hydroxyl groups excluding tert-OH is 2. The summed E-state index contributed by atoms with van der Waals surface area (Å²) in [5.74, 6) is -4.20. The number of ether oxygens (including phenoxy) is 2. The van der Waals surface area contributed by atoms with Crippen LogP contribution in [0.15, 0.2) is 12.2 Å². The predicted octanol–water partition coefficient (Wildman–Crippen LogP) is 2.51. The molecule has 8 rings (SSSR count). The average Bonchev–Trinajstić information content (AvgIpc) is 2.85. The van der Waals surface area contributed by atoms with Gasteiger partial charge in [0.05, 0.1) is 18.6 Å². The predicted molar refractivity (Wildman–Crippen MR) is 124 cm³/mol. The van der Waals surface area contributed by atoms with Crippen LogP contribution < -0.4 is 0 Å². The molecule has 2 aliphatic heterocycles. The fourth-order valence-electron chi connectivity index (χ4n) is 10.8. The SMILES string of the molecule is C=C1[C@@H]2CC[C@H]3[C@@]45COC(O)([C@@H](O)[C@@H]4C(C)(C)CC[C@@H]5O)[C@]34C(=O)[C@@]1(OC(=O)C1CCCCC1)[C@H]24. The van der Waals surface area contributed by atoms with Gasteiger partial charge in [-0.2, -0.15) is 0 Å². The summed E-state index contributed by atoms with van der Waals surface area (Å²) in [7, 11) is 0. The van der Waals surface area contributed by atoms with Crippen molar-refractivity contribution in [2.24, 2.45) is 45.8 Å². The highest BCUT2D eigenvalue weighted by atomic mass is 16.6. The number of esters is 1. The van der Waals surface area contributed by atoms with Crippen LogP contribution in [0, 0.1) is 45.8 Å². The largest absolute Gasteiger partial charge is 0.446 e. The van der Waals surface area contributed by atoms with Gasteiger partial charge in [0.2, 0.25) is 5.79 Å². The Labute approximate surface area is 206 Å². The van der Waals surface area contributed by atoms with Crippen LogP contribution >= 0.6 is 0 Å². The van der Waals surface area contributed by atoms with E-state index in [1.165, 1.54) is 0 Å². The van der Waals surface area contributed by atoms with Crippen molar-refractivity contribution in [3.8, 4) is 0 Å². The molecule has 1 unspecified atom stereocenters. The summed E-state index contributed by atoms with van der Waals surface area (Å²) in [6.45, 7) is 8.50. The topological polar surface area (TPSA) is 113 Å². The van der Waals surface area contributed by atoms with Crippen LogP contribution in [0.25, 0.3) is 0 Å². The van der Waals surface area contributed by atoms with Gasteiger partial charge in [0.1, 0.15) is 11.5 Å². The lowest BCUT2D eigenvalue weighted by molar-refractivity contribution is -0.483. The summed E-state index contributed by atoms with van der Waals surface area (Å²) in [6, 6.07) is 0. The molecule has 7 nitrogen and oxygen atoms in total. The van der Waals surface area contributed by atoms with Gasteiger partial charge in [-0.3, -0.25) is 9.59 Å². The maximum atomic E-state index is 14.4. The molecule has 10 atom stereocenters. The van der Waals surface area contributed by atoms with Gasteiger partial charge >= 0.3 is 5.97 Å². The van der Waals surface area contributed by atoms with Gasteiger partial charge in [0.25, 0.3) is 0 Å². The van der Waals surface area contributed by atoms with E-state index in [1.807, 2.05) is 0 Å². The molecule has 2 saturated heterocycles. The van der Waals surface area contributed by atoms with E-state index in [1.54, 1.807) is 0 Å². The molecule has 2 heterocycles. The Balaban J connectivity index is 1.33. The van der Waals surface area contributed by atoms with Gasteiger partial charge in [-0.1, -0.05) is 39.7 Å². The molecule has 3 N–H and O–H groups in total. The molecule has 35 heavy (non-hydrogen) atoms. The first-order chi connectivity index (χ1) is 16.5. The van der Waals surface area contributed by atoms with Crippen molar-refractivity contribution in [2.75, 3.05) is 6.61 Å². The zero-order chi connectivity index (χ0) is 24.8. The number of ketones is 1. The molecule has 0 aromatic rings. The van der Waals surface area contributed by atoms with E-state index < -0.39 is 40.3 Å². The van der Waals surface area contributed by atoms with Gasteiger partial charge in [-0.25, -0.2) is 0 Å². The second kappa shape index (κ2) is 6.58. The number of carbonyl (C=O) groups excluding carboxylic acids is 2. The Kier molecular flexibility index (Phi) is 4.30. The molecule has 2 spiro atoms. The van der Waals surface area contributed by atoms with Gasteiger partial charge in [0.15, 0.2) is 11.4 Å². The molecule has 6 saturated carbocycles. The van der Waals surface area contributed by atoms with Crippen LogP contribution in [0.1, 0.15) is 71.6 Å². The summed E-state index contributed by atoms with van der Waals surface area (Å²) >= 11 is 0. The molecule has 0 radical (unpaired) electrons. The summed E-state index contributed by atoms with van der Waals surface area (Å²) < 4.78 is 12.2. The number of fused-ring (bicyclic) bond motifs is 1. The smallest absolute Gasteiger partial charge is 0.310 e. The molecule has 0 amide bonds. The van der Waals surface area contributed by atoms with Crippen molar-refractivity contribution < 1.29 is 34.4 Å². The van der Waals surface area contributed by atoms with Crippen LogP contribution in [0.4, 0.5) is 0 Å². The van der Waals surface area contributed by atoms with Gasteiger partial charge in [0, 0.05) is 17.3 Å². The Morgan fingerprint density at radius 2 is 1.77 bits per heavy atom. The Bertz CT molecular complexity index is 1030. The number of carbonyl (C=O) groups is 2. The van der Waals surface area contributed by atoms with Crippen LogP contribution in [0.2, 0.25) is 0 Å². The molecular weight excluding hydrogens is 448 g/mol. The van der Waals surface area contributed by atoms with E-state index in [-0.39, 0.29) is 47.4 Å². The molecule has 8 fully saturated rings. The number of hydrogen-bond acceptors (Lipinski definition) is 7. The third-order valence-electron chi connectivity index (χ3n) is 12.1. The number of Topliss-reactive ketones (excluding diaryl/α,β-unsaturated/α-hetero) is 1. The molecular formula is C28H38O7. The minimum Gasteiger partial charge on any atom is -0.446 e. The number of rotatable bonds is 2. The maximum absolute atomic E-state index is 14.4. The lowest BCUT2D eigenvalue weighted by Gasteiger charge is -2.84. The first-order valence-corrected chi connectivity index (χ1v) is 13.7. The fourth-order valence-corrected chi connectivity index (χ4v) is 10.8. The zero-order valence-electron chi connectivity index (χ0n) is 20.8. The Hall–Kier alpha value is -1.28. The first-order valence-electron chi connectivity index (χ1n) is 13.7. The third kappa shape index (κ3) is 2.12. The van der Waals surface area contributed by atoms with Crippen LogP contribution in [0.5, 0.6) is 0 Å². The minimum atomic E-state index is -2.06. The van der Waals surface area contributed by atoms with Crippen molar-refractivity contribution in [3.05, 3.63) is 12.2 Å². The number of aliphatic hydroxyl groups is 3. The Morgan fingerprint density at radius 1 is 1.06 bits per heavy atom. The van der Waals surface area contributed by atoms with Gasteiger partial charge in [-0.15, -0.1) is 0 Å². The summed E-state index contributed by atoms with van der Waals surface area (Å²) in [5, 5.41) is 35.4. The van der Waals surface area contributed by atoms with Crippen molar-refractivity contribution in [1.29, 1.82) is 0 Å². The van der Waals surface area contributed by atoms with Crippen LogP contribution in [-0.4, -0.2) is 57.3 Å². The van der Waals surface area contributed by atoms with Crippen LogP contribution in [-0.2, 0) is 19.1 Å². The van der Waals surface area contributed by atoms with Crippen molar-refractivity contribution in [1.82, 2.24) is 0 Å². The van der Waals surface area contributed by atoms with Gasteiger partial charge in [-0.05, 0) is 61.3 Å². The normalized spacial score (nSPS) is 55.7. The van der Waals surface area contributed by atoms with Crippen molar-refractivity contribution in [3.63, 3.8) is 0 Å². The highest BCUT2D eigenvalue weighted by molar-refractivity contribution is 6.09. The monoisotopic (exact) mass is 486 g/mol. The van der Waals surface area contributed by atoms with Crippen molar-refractivity contribution in [2.45, 2.75) is 95.2 Å². The average molecular weight is 487 g/mol. The highest BCUT2D eigenvalue weighted by Crippen LogP contribution is 2.85. The molecule has 7 heteroatoms. The van der Waals surface area contributed by atoms with Crippen LogP contribution in [0.3, 0.4) is 0 Å². The third-order valence-corrected chi connectivity index (χ3v) is 12.1. The van der Waals surface area contributed by atoms with E-state index in [0.29, 0.717) is 18.4 Å². The lowest BCUT2D eigenvalue weighted by atomic mass is 9.21. The van der Waals surface area contributed by atoms with E-state index in [0.717, 1.165) is 44.9 Å². The lowest BCUT2D eigenvalue weighted by Crippen LogP contribution is -2.97. The molecule has 2 bridgehead atoms. The Morgan fingerprint density at radius 3 is 2.49 bits per heavy atom. The second-order valence-electron chi connectivity index (χ2n) is 13.5. The van der Waals surface area contributed by atoms with E-state index in [4.69, 9.17) is 9.47 Å². The van der Waals surface area contributed by atoms with E-state index >= 15 is 0 Å². The standard InChI is InChI=1S/C28H38O7/c1-14-16-9-10-17-25-13-34-28(33,21(30)20(25)24(2,3)12-11-18(25)29)26(17)19(16)27(14,23(26)32)35-22(31)15-7-5-4-6-8-15/h15-21,29-30,33H,1,4-13H2,2-3H3/t16-,17-,18-,19+,20+,21-,25+,26+,27-,28?/m0/s1. The highest BCUT2D eigenvalue weighted by Gasteiger charge is 2.97. The van der Waals surface area contributed by atoms with E-state index in [2.05, 4.69) is 20.4 Å². The number of hydrogen-bond donors (Lipinski definition) is 3. The molecule has 192 valence electrons.